The van der Waals surface area contributed by atoms with Crippen LogP contribution in [0.25, 0.3) is 6.08 Å². The summed E-state index contributed by atoms with van der Waals surface area (Å²) in [6.07, 6.45) is 1.30. The Morgan fingerprint density at radius 3 is 2.30 bits per heavy atom. The molecular formula is C29H22Cl3N3O4S. The third-order valence-electron chi connectivity index (χ3n) is 5.77. The van der Waals surface area contributed by atoms with Gasteiger partial charge in [0.2, 0.25) is 10.0 Å². The number of hydrogen-bond donors (Lipinski definition) is 1. The lowest BCUT2D eigenvalue weighted by Gasteiger charge is -2.22. The molecule has 4 rings (SSSR count). The van der Waals surface area contributed by atoms with Crippen LogP contribution in [0, 0.1) is 18.3 Å². The van der Waals surface area contributed by atoms with Crippen molar-refractivity contribution in [1.82, 2.24) is 4.31 Å². The van der Waals surface area contributed by atoms with Crippen LogP contribution in [0.3, 0.4) is 0 Å². The molecule has 0 bridgehead atoms. The smallest absolute Gasteiger partial charge is 0.266 e. The van der Waals surface area contributed by atoms with Gasteiger partial charge in [0.25, 0.3) is 5.91 Å². The van der Waals surface area contributed by atoms with E-state index in [1.165, 1.54) is 34.6 Å². The van der Waals surface area contributed by atoms with Crippen LogP contribution < -0.4 is 5.32 Å². The first-order valence-electron chi connectivity index (χ1n) is 11.8. The number of nitrogens with zero attached hydrogens (tertiary/aromatic N) is 2. The van der Waals surface area contributed by atoms with Crippen molar-refractivity contribution in [2.24, 2.45) is 0 Å². The number of carbonyl (C=O) groups is 1. The van der Waals surface area contributed by atoms with Crippen molar-refractivity contribution in [3.05, 3.63) is 122 Å². The fourth-order valence-corrected chi connectivity index (χ4v) is 5.52. The maximum atomic E-state index is 13.6. The monoisotopic (exact) mass is 613 g/mol. The van der Waals surface area contributed by atoms with E-state index >= 15 is 0 Å². The van der Waals surface area contributed by atoms with E-state index in [2.05, 4.69) is 5.32 Å². The van der Waals surface area contributed by atoms with Crippen molar-refractivity contribution in [1.29, 1.82) is 5.26 Å². The molecule has 7 nitrogen and oxygen atoms in total. The van der Waals surface area contributed by atoms with Gasteiger partial charge in [-0.2, -0.15) is 9.57 Å². The minimum Gasteiger partial charge on any atom is -0.460 e. The Hall–Kier alpha value is -3.58. The maximum absolute atomic E-state index is 13.6. The van der Waals surface area contributed by atoms with Crippen LogP contribution in [0.2, 0.25) is 15.1 Å². The zero-order chi connectivity index (χ0) is 28.9. The van der Waals surface area contributed by atoms with Gasteiger partial charge in [0.05, 0.1) is 21.5 Å². The zero-order valence-electron chi connectivity index (χ0n) is 21.1. The molecule has 0 aliphatic rings. The Bertz CT molecular complexity index is 1710. The van der Waals surface area contributed by atoms with E-state index < -0.39 is 15.9 Å². The van der Waals surface area contributed by atoms with Gasteiger partial charge in [-0.3, -0.25) is 4.79 Å². The molecule has 0 fully saturated rings. The van der Waals surface area contributed by atoms with Crippen LogP contribution in [-0.2, 0) is 27.9 Å². The minimum atomic E-state index is -4.00. The number of halogens is 3. The van der Waals surface area contributed by atoms with Gasteiger partial charge in [-0.05, 0) is 73.2 Å². The highest BCUT2D eigenvalue weighted by Gasteiger charge is 2.26. The molecule has 3 aromatic carbocycles. The average molecular weight is 615 g/mol. The first-order valence-corrected chi connectivity index (χ1v) is 14.4. The van der Waals surface area contributed by atoms with Gasteiger partial charge in [0.15, 0.2) is 0 Å². The van der Waals surface area contributed by atoms with Crippen LogP contribution >= 0.6 is 34.8 Å². The van der Waals surface area contributed by atoms with Crippen molar-refractivity contribution in [3.63, 3.8) is 0 Å². The van der Waals surface area contributed by atoms with Crippen LogP contribution in [0.5, 0.6) is 0 Å². The molecule has 204 valence electrons. The van der Waals surface area contributed by atoms with Gasteiger partial charge in [-0.25, -0.2) is 8.42 Å². The third-order valence-corrected chi connectivity index (χ3v) is 8.57. The number of anilines is 1. The number of furan rings is 1. The molecule has 0 unspecified atom stereocenters. The van der Waals surface area contributed by atoms with Gasteiger partial charge in [-0.1, -0.05) is 58.6 Å². The van der Waals surface area contributed by atoms with E-state index in [1.54, 1.807) is 42.5 Å². The number of benzene rings is 3. The molecule has 40 heavy (non-hydrogen) atoms. The van der Waals surface area contributed by atoms with E-state index in [9.17, 15) is 18.5 Å². The van der Waals surface area contributed by atoms with Crippen molar-refractivity contribution in [2.75, 3.05) is 5.32 Å². The van der Waals surface area contributed by atoms with Gasteiger partial charge in [0, 0.05) is 23.3 Å². The summed E-state index contributed by atoms with van der Waals surface area (Å²) in [6, 6.07) is 22.8. The van der Waals surface area contributed by atoms with Crippen molar-refractivity contribution < 1.29 is 17.6 Å². The topological polar surface area (TPSA) is 103 Å². The maximum Gasteiger partial charge on any atom is 0.266 e. The number of sulfonamides is 1. The first kappa shape index (κ1) is 29.4. The van der Waals surface area contributed by atoms with Crippen LogP contribution in [-0.4, -0.2) is 18.6 Å². The molecule has 0 radical (unpaired) electrons. The van der Waals surface area contributed by atoms with Crippen molar-refractivity contribution >= 4 is 62.5 Å². The van der Waals surface area contributed by atoms with Crippen LogP contribution in [0.4, 0.5) is 5.69 Å². The van der Waals surface area contributed by atoms with Crippen molar-refractivity contribution in [3.8, 4) is 6.07 Å². The third kappa shape index (κ3) is 7.33. The molecule has 11 heteroatoms. The summed E-state index contributed by atoms with van der Waals surface area (Å²) in [4.78, 5) is 12.7. The lowest BCUT2D eigenvalue weighted by Crippen LogP contribution is -2.30. The van der Waals surface area contributed by atoms with Gasteiger partial charge >= 0.3 is 0 Å². The Labute approximate surface area is 247 Å². The average Bonchev–Trinajstić information content (AvgIpc) is 3.37. The highest BCUT2D eigenvalue weighted by molar-refractivity contribution is 7.89. The van der Waals surface area contributed by atoms with Gasteiger partial charge < -0.3 is 9.73 Å². The van der Waals surface area contributed by atoms with E-state index in [0.717, 1.165) is 5.56 Å². The molecule has 0 saturated carbocycles. The van der Waals surface area contributed by atoms with Gasteiger partial charge in [-0.15, -0.1) is 0 Å². The predicted molar refractivity (Wildman–Crippen MR) is 156 cm³/mol. The van der Waals surface area contributed by atoms with Crippen LogP contribution in [0.15, 0.2) is 93.7 Å². The number of aryl methyl sites for hydroxylation is 1. The van der Waals surface area contributed by atoms with E-state index in [0.29, 0.717) is 32.1 Å². The second kappa shape index (κ2) is 12.7. The molecule has 0 aliphatic carbocycles. The quantitative estimate of drug-likeness (QED) is 0.155. The lowest BCUT2D eigenvalue weighted by molar-refractivity contribution is -0.112. The highest BCUT2D eigenvalue weighted by Crippen LogP contribution is 2.27. The number of nitrogens with one attached hydrogen (secondary N) is 1. The molecule has 0 atom stereocenters. The number of nitriles is 1. The zero-order valence-corrected chi connectivity index (χ0v) is 24.2. The molecule has 0 aliphatic heterocycles. The summed E-state index contributed by atoms with van der Waals surface area (Å²) in [7, 11) is -4.00. The summed E-state index contributed by atoms with van der Waals surface area (Å²) >= 11 is 18.1. The standard InChI is InChI=1S/C29H22Cl3N3O4S/c1-19-2-7-23(8-3-19)34-29(36)21(16-33)15-24-9-10-25(39-24)18-35(17-20-4-13-27(31)28(32)14-20)40(37,38)26-11-5-22(30)6-12-26/h2-15H,17-18H2,1H3,(H,34,36)/b21-15-. The molecule has 1 amide bonds. The predicted octanol–water partition coefficient (Wildman–Crippen LogP) is 7.49. The second-order valence-electron chi connectivity index (χ2n) is 8.77. The molecular weight excluding hydrogens is 593 g/mol. The summed E-state index contributed by atoms with van der Waals surface area (Å²) in [5.41, 5.74) is 2.01. The SMILES string of the molecule is Cc1ccc(NC(=O)/C(C#N)=C\c2ccc(CN(Cc3ccc(Cl)c(Cl)c3)S(=O)(=O)c3ccc(Cl)cc3)o2)cc1. The molecule has 1 heterocycles. The minimum absolute atomic E-state index is 0.0316. The van der Waals surface area contributed by atoms with Crippen molar-refractivity contribution in [2.45, 2.75) is 24.9 Å². The lowest BCUT2D eigenvalue weighted by atomic mass is 10.2. The summed E-state index contributed by atoms with van der Waals surface area (Å²) < 4.78 is 34.2. The second-order valence-corrected chi connectivity index (χ2v) is 12.0. The number of carbonyl (C=O) groups excluding carboxylic acids is 1. The number of hydrogen-bond acceptors (Lipinski definition) is 5. The number of rotatable bonds is 9. The Kier molecular flexibility index (Phi) is 9.36. The molecule has 4 aromatic rings. The van der Waals surface area contributed by atoms with Crippen LogP contribution in [0.1, 0.15) is 22.6 Å². The normalized spacial score (nSPS) is 11.8. The Balaban J connectivity index is 1.59. The fourth-order valence-electron chi connectivity index (χ4n) is 3.68. The van der Waals surface area contributed by atoms with E-state index in [-0.39, 0.29) is 29.3 Å². The molecule has 1 aromatic heterocycles. The molecule has 0 spiro atoms. The van der Waals surface area contributed by atoms with E-state index in [1.807, 2.05) is 25.1 Å². The Morgan fingerprint density at radius 1 is 0.950 bits per heavy atom. The summed E-state index contributed by atoms with van der Waals surface area (Å²) in [5, 5.41) is 13.3. The molecule has 0 saturated heterocycles. The van der Waals surface area contributed by atoms with E-state index in [4.69, 9.17) is 39.2 Å². The largest absolute Gasteiger partial charge is 0.460 e. The summed E-state index contributed by atoms with van der Waals surface area (Å²) in [6.45, 7) is 1.75. The number of amides is 1. The first-order chi connectivity index (χ1) is 19.0. The van der Waals surface area contributed by atoms with Gasteiger partial charge in [0.1, 0.15) is 23.2 Å². The Morgan fingerprint density at radius 2 is 1.65 bits per heavy atom. The molecule has 1 N–H and O–H groups in total. The fraction of sp³-hybridized carbons (Fsp3) is 0.103. The highest BCUT2D eigenvalue weighted by atomic mass is 35.5. The summed E-state index contributed by atoms with van der Waals surface area (Å²) in [5.74, 6) is -0.0973.